The van der Waals surface area contributed by atoms with Crippen molar-refractivity contribution in [2.24, 2.45) is 4.99 Å². The van der Waals surface area contributed by atoms with Gasteiger partial charge in [-0.1, -0.05) is 12.1 Å². The third-order valence-corrected chi connectivity index (χ3v) is 3.30. The first-order valence-corrected chi connectivity index (χ1v) is 7.55. The van der Waals surface area contributed by atoms with Crippen molar-refractivity contribution in [2.45, 2.75) is 19.6 Å². The molecule has 0 aliphatic carbocycles. The Kier molecular flexibility index (Phi) is 9.39. The standard InChI is InChI=1S/C17H22FN3O2.HI/c1-3-19-17(20-11-15-5-4-10-23-15)21-12-16(22-2)13-6-8-14(18)9-7-13;/h4-10,16H,3,11-12H2,1-2H3,(H2,19,20,21);1H. The maximum absolute atomic E-state index is 13.0. The predicted molar refractivity (Wildman–Crippen MR) is 103 cm³/mol. The normalized spacial score (nSPS) is 12.4. The molecule has 0 fully saturated rings. The highest BCUT2D eigenvalue weighted by atomic mass is 127. The Balaban J connectivity index is 0.00000288. The molecular weight excluding hydrogens is 424 g/mol. The first-order chi connectivity index (χ1) is 11.2. The molecule has 0 aliphatic heterocycles. The van der Waals surface area contributed by atoms with Crippen LogP contribution in [-0.4, -0.2) is 26.2 Å². The fourth-order valence-electron chi connectivity index (χ4n) is 2.11. The molecule has 1 aromatic heterocycles. The van der Waals surface area contributed by atoms with Gasteiger partial charge in [0.2, 0.25) is 0 Å². The number of rotatable bonds is 7. The molecule has 1 heterocycles. The molecule has 1 unspecified atom stereocenters. The summed E-state index contributed by atoms with van der Waals surface area (Å²) in [6.07, 6.45) is 1.43. The lowest BCUT2D eigenvalue weighted by Crippen LogP contribution is -2.39. The van der Waals surface area contributed by atoms with Gasteiger partial charge in [0, 0.05) is 20.2 Å². The summed E-state index contributed by atoms with van der Waals surface area (Å²) in [5.41, 5.74) is 0.906. The van der Waals surface area contributed by atoms with Crippen LogP contribution in [0.15, 0.2) is 52.1 Å². The minimum absolute atomic E-state index is 0. The van der Waals surface area contributed by atoms with Crippen molar-refractivity contribution >= 4 is 29.9 Å². The molecular formula is C17H23FIN3O2. The van der Waals surface area contributed by atoms with E-state index < -0.39 is 0 Å². The average molecular weight is 447 g/mol. The monoisotopic (exact) mass is 447 g/mol. The van der Waals surface area contributed by atoms with Gasteiger partial charge in [0.25, 0.3) is 0 Å². The van der Waals surface area contributed by atoms with Gasteiger partial charge in [0.1, 0.15) is 18.1 Å². The molecule has 1 aromatic carbocycles. The Morgan fingerprint density at radius 3 is 2.58 bits per heavy atom. The molecule has 0 spiro atoms. The zero-order chi connectivity index (χ0) is 16.5. The summed E-state index contributed by atoms with van der Waals surface area (Å²) in [4.78, 5) is 4.46. The smallest absolute Gasteiger partial charge is 0.191 e. The number of halogens is 2. The lowest BCUT2D eigenvalue weighted by molar-refractivity contribution is 0.106. The Morgan fingerprint density at radius 2 is 2.00 bits per heavy atom. The van der Waals surface area contributed by atoms with Gasteiger partial charge >= 0.3 is 0 Å². The van der Waals surface area contributed by atoms with Crippen molar-refractivity contribution in [3.05, 3.63) is 59.8 Å². The van der Waals surface area contributed by atoms with Crippen LogP contribution in [0.4, 0.5) is 4.39 Å². The second kappa shape index (κ2) is 11.0. The van der Waals surface area contributed by atoms with Crippen LogP contribution in [0.1, 0.15) is 24.4 Å². The second-order valence-corrected chi connectivity index (χ2v) is 4.93. The number of aliphatic imine (C=N–C) groups is 1. The zero-order valence-electron chi connectivity index (χ0n) is 13.8. The Bertz CT molecular complexity index is 603. The fraction of sp³-hybridized carbons (Fsp3) is 0.353. The van der Waals surface area contributed by atoms with E-state index in [0.29, 0.717) is 19.0 Å². The van der Waals surface area contributed by atoms with Crippen LogP contribution in [-0.2, 0) is 11.3 Å². The highest BCUT2D eigenvalue weighted by molar-refractivity contribution is 14.0. The van der Waals surface area contributed by atoms with Crippen molar-refractivity contribution in [3.8, 4) is 0 Å². The Morgan fingerprint density at radius 1 is 1.25 bits per heavy atom. The summed E-state index contributed by atoms with van der Waals surface area (Å²) in [6, 6.07) is 10.0. The van der Waals surface area contributed by atoms with E-state index in [1.165, 1.54) is 12.1 Å². The maximum Gasteiger partial charge on any atom is 0.191 e. The van der Waals surface area contributed by atoms with E-state index in [-0.39, 0.29) is 35.9 Å². The third kappa shape index (κ3) is 6.48. The van der Waals surface area contributed by atoms with Crippen molar-refractivity contribution in [2.75, 3.05) is 20.2 Å². The number of nitrogens with zero attached hydrogens (tertiary/aromatic N) is 1. The van der Waals surface area contributed by atoms with Gasteiger partial charge in [0.15, 0.2) is 5.96 Å². The van der Waals surface area contributed by atoms with Crippen LogP contribution >= 0.6 is 24.0 Å². The van der Waals surface area contributed by atoms with Gasteiger partial charge in [-0.3, -0.25) is 0 Å². The number of nitrogens with one attached hydrogen (secondary N) is 2. The first-order valence-electron chi connectivity index (χ1n) is 7.55. The number of guanidine groups is 1. The molecule has 0 saturated carbocycles. The molecule has 5 nitrogen and oxygen atoms in total. The lowest BCUT2D eigenvalue weighted by Gasteiger charge is -2.18. The van der Waals surface area contributed by atoms with Crippen LogP contribution in [0.3, 0.4) is 0 Å². The molecule has 0 bridgehead atoms. The molecule has 24 heavy (non-hydrogen) atoms. The zero-order valence-corrected chi connectivity index (χ0v) is 16.1. The van der Waals surface area contributed by atoms with E-state index in [1.807, 2.05) is 19.1 Å². The van der Waals surface area contributed by atoms with E-state index in [4.69, 9.17) is 9.15 Å². The predicted octanol–water partition coefficient (Wildman–Crippen LogP) is 3.48. The largest absolute Gasteiger partial charge is 0.467 e. The highest BCUT2D eigenvalue weighted by Gasteiger charge is 2.11. The maximum atomic E-state index is 13.0. The van der Waals surface area contributed by atoms with Crippen molar-refractivity contribution in [1.82, 2.24) is 10.6 Å². The first kappa shape index (κ1) is 20.4. The van der Waals surface area contributed by atoms with E-state index in [2.05, 4.69) is 15.6 Å². The number of hydrogen-bond donors (Lipinski definition) is 2. The van der Waals surface area contributed by atoms with Crippen LogP contribution < -0.4 is 10.6 Å². The van der Waals surface area contributed by atoms with Crippen LogP contribution in [0.2, 0.25) is 0 Å². The minimum atomic E-state index is -0.259. The Hall–Kier alpha value is -1.61. The van der Waals surface area contributed by atoms with Crippen LogP contribution in [0.5, 0.6) is 0 Å². The quantitative estimate of drug-likeness (QED) is 0.388. The lowest BCUT2D eigenvalue weighted by atomic mass is 10.1. The third-order valence-electron chi connectivity index (χ3n) is 3.30. The van der Waals surface area contributed by atoms with Crippen molar-refractivity contribution in [1.29, 1.82) is 0 Å². The molecule has 0 amide bonds. The average Bonchev–Trinajstić information content (AvgIpc) is 3.08. The summed E-state index contributed by atoms with van der Waals surface area (Å²) >= 11 is 0. The van der Waals surface area contributed by atoms with Gasteiger partial charge in [-0.2, -0.15) is 0 Å². The minimum Gasteiger partial charge on any atom is -0.467 e. The summed E-state index contributed by atoms with van der Waals surface area (Å²) in [5, 5.41) is 6.39. The number of hydrogen-bond acceptors (Lipinski definition) is 3. The number of methoxy groups -OCH3 is 1. The topological polar surface area (TPSA) is 58.8 Å². The van der Waals surface area contributed by atoms with Crippen molar-refractivity contribution in [3.63, 3.8) is 0 Å². The molecule has 0 radical (unpaired) electrons. The van der Waals surface area contributed by atoms with Gasteiger partial charge in [-0.25, -0.2) is 9.38 Å². The number of ether oxygens (including phenoxy) is 1. The van der Waals surface area contributed by atoms with Crippen LogP contribution in [0.25, 0.3) is 0 Å². The van der Waals surface area contributed by atoms with Gasteiger partial charge in [0.05, 0.1) is 12.4 Å². The second-order valence-electron chi connectivity index (χ2n) is 4.93. The highest BCUT2D eigenvalue weighted by Crippen LogP contribution is 2.16. The van der Waals surface area contributed by atoms with E-state index >= 15 is 0 Å². The summed E-state index contributed by atoms with van der Waals surface area (Å²) in [6.45, 7) is 3.72. The van der Waals surface area contributed by atoms with Gasteiger partial charge < -0.3 is 19.8 Å². The van der Waals surface area contributed by atoms with Gasteiger partial charge in [-0.15, -0.1) is 24.0 Å². The summed E-state index contributed by atoms with van der Waals surface area (Å²) < 4.78 is 23.7. The number of furan rings is 1. The summed E-state index contributed by atoms with van der Waals surface area (Å²) in [7, 11) is 1.63. The molecule has 2 rings (SSSR count). The molecule has 1 atom stereocenters. The summed E-state index contributed by atoms with van der Waals surface area (Å²) in [5.74, 6) is 1.21. The molecule has 132 valence electrons. The SMILES string of the molecule is CCNC(=NCc1ccco1)NCC(OC)c1ccc(F)cc1.I. The van der Waals surface area contributed by atoms with E-state index in [0.717, 1.165) is 17.9 Å². The van der Waals surface area contributed by atoms with E-state index in [9.17, 15) is 4.39 Å². The fourth-order valence-corrected chi connectivity index (χ4v) is 2.11. The molecule has 2 N–H and O–H groups in total. The molecule has 0 aliphatic rings. The van der Waals surface area contributed by atoms with Gasteiger partial charge in [-0.05, 0) is 36.8 Å². The molecule has 2 aromatic rings. The van der Waals surface area contributed by atoms with Crippen LogP contribution in [0, 0.1) is 5.82 Å². The van der Waals surface area contributed by atoms with E-state index in [1.54, 1.807) is 25.5 Å². The molecule has 0 saturated heterocycles. The Labute approximate surface area is 158 Å². The number of benzene rings is 1. The van der Waals surface area contributed by atoms with Crippen molar-refractivity contribution < 1.29 is 13.5 Å². The molecule has 7 heteroatoms.